The van der Waals surface area contributed by atoms with E-state index in [4.69, 9.17) is 4.74 Å². The standard InChI is InChI=1S/C20H20F2N2O4/c1-2-11-28-20(27)13-3-6-15(7-4-13)24-18(25)9-10-23-19(26)16-8-5-14(21)12-17(16)22/h3-8,12H,2,9-11H2,1H3,(H,23,26)(H,24,25). The Morgan fingerprint density at radius 1 is 1.04 bits per heavy atom. The zero-order valence-corrected chi connectivity index (χ0v) is 15.3. The number of hydrogen-bond acceptors (Lipinski definition) is 4. The van der Waals surface area contributed by atoms with Gasteiger partial charge in [0, 0.05) is 24.7 Å². The summed E-state index contributed by atoms with van der Waals surface area (Å²) in [7, 11) is 0. The summed E-state index contributed by atoms with van der Waals surface area (Å²) in [6.45, 7) is 2.21. The highest BCUT2D eigenvalue weighted by molar-refractivity contribution is 5.96. The lowest BCUT2D eigenvalue weighted by Crippen LogP contribution is -2.28. The van der Waals surface area contributed by atoms with E-state index in [0.717, 1.165) is 18.6 Å². The quantitative estimate of drug-likeness (QED) is 0.678. The molecule has 0 heterocycles. The number of halogens is 2. The summed E-state index contributed by atoms with van der Waals surface area (Å²) in [6, 6.07) is 8.82. The van der Waals surface area contributed by atoms with Gasteiger partial charge in [-0.3, -0.25) is 9.59 Å². The van der Waals surface area contributed by atoms with E-state index in [2.05, 4.69) is 10.6 Å². The van der Waals surface area contributed by atoms with Crippen LogP contribution in [0.25, 0.3) is 0 Å². The molecule has 2 aromatic rings. The summed E-state index contributed by atoms with van der Waals surface area (Å²) in [4.78, 5) is 35.5. The van der Waals surface area contributed by atoms with Crippen molar-refractivity contribution in [3.63, 3.8) is 0 Å². The predicted molar refractivity (Wildman–Crippen MR) is 99.0 cm³/mol. The minimum atomic E-state index is -0.973. The van der Waals surface area contributed by atoms with E-state index >= 15 is 0 Å². The molecule has 0 saturated carbocycles. The number of amides is 2. The molecule has 6 nitrogen and oxygen atoms in total. The van der Waals surface area contributed by atoms with E-state index in [1.165, 1.54) is 12.1 Å². The van der Waals surface area contributed by atoms with Crippen LogP contribution in [0.5, 0.6) is 0 Å². The molecule has 2 N–H and O–H groups in total. The smallest absolute Gasteiger partial charge is 0.338 e. The topological polar surface area (TPSA) is 84.5 Å². The number of anilines is 1. The minimum absolute atomic E-state index is 0.0249. The Morgan fingerprint density at radius 2 is 1.75 bits per heavy atom. The van der Waals surface area contributed by atoms with Gasteiger partial charge in [-0.05, 0) is 42.8 Å². The third-order valence-electron chi connectivity index (χ3n) is 3.66. The van der Waals surface area contributed by atoms with Crippen molar-refractivity contribution in [3.05, 3.63) is 65.2 Å². The molecule has 0 spiro atoms. The van der Waals surface area contributed by atoms with Crippen molar-refractivity contribution in [3.8, 4) is 0 Å². The number of carbonyl (C=O) groups is 3. The molecule has 8 heteroatoms. The van der Waals surface area contributed by atoms with Gasteiger partial charge in [-0.25, -0.2) is 13.6 Å². The van der Waals surface area contributed by atoms with Crippen LogP contribution in [-0.2, 0) is 9.53 Å². The van der Waals surface area contributed by atoms with Crippen LogP contribution in [0.4, 0.5) is 14.5 Å². The molecule has 148 valence electrons. The van der Waals surface area contributed by atoms with E-state index in [1.54, 1.807) is 12.1 Å². The number of benzene rings is 2. The molecule has 0 bridgehead atoms. The summed E-state index contributed by atoms with van der Waals surface area (Å²) in [5.41, 5.74) is 0.556. The number of esters is 1. The van der Waals surface area contributed by atoms with Crippen LogP contribution in [0.1, 0.15) is 40.5 Å². The second-order valence-corrected chi connectivity index (χ2v) is 5.89. The van der Waals surface area contributed by atoms with Gasteiger partial charge in [0.15, 0.2) is 0 Å². The zero-order chi connectivity index (χ0) is 20.5. The normalized spacial score (nSPS) is 10.2. The summed E-state index contributed by atoms with van der Waals surface area (Å²) in [5, 5.41) is 5.01. The first-order chi connectivity index (χ1) is 13.4. The maximum atomic E-state index is 13.5. The Balaban J connectivity index is 1.79. The Morgan fingerprint density at radius 3 is 2.39 bits per heavy atom. The SMILES string of the molecule is CCCOC(=O)c1ccc(NC(=O)CCNC(=O)c2ccc(F)cc2F)cc1. The van der Waals surface area contributed by atoms with Crippen molar-refractivity contribution >= 4 is 23.5 Å². The Hall–Kier alpha value is -3.29. The maximum absolute atomic E-state index is 13.5. The zero-order valence-electron chi connectivity index (χ0n) is 15.3. The van der Waals surface area contributed by atoms with Crippen molar-refractivity contribution in [2.75, 3.05) is 18.5 Å². The molecule has 0 atom stereocenters. The average Bonchev–Trinajstić information content (AvgIpc) is 2.66. The Bertz CT molecular complexity index is 854. The molecule has 2 rings (SSSR count). The van der Waals surface area contributed by atoms with Gasteiger partial charge in [0.25, 0.3) is 5.91 Å². The summed E-state index contributed by atoms with van der Waals surface area (Å²) >= 11 is 0. The van der Waals surface area contributed by atoms with Gasteiger partial charge >= 0.3 is 5.97 Å². The van der Waals surface area contributed by atoms with Gasteiger partial charge in [0.1, 0.15) is 11.6 Å². The molecule has 0 saturated heterocycles. The summed E-state index contributed by atoms with van der Waals surface area (Å²) in [6.07, 6.45) is 0.680. The molecule has 2 aromatic carbocycles. The second-order valence-electron chi connectivity index (χ2n) is 5.89. The van der Waals surface area contributed by atoms with Crippen LogP contribution < -0.4 is 10.6 Å². The highest BCUT2D eigenvalue weighted by Gasteiger charge is 2.13. The van der Waals surface area contributed by atoms with Crippen LogP contribution in [0.2, 0.25) is 0 Å². The van der Waals surface area contributed by atoms with Gasteiger partial charge in [-0.15, -0.1) is 0 Å². The van der Waals surface area contributed by atoms with Crippen LogP contribution in [0, 0.1) is 11.6 Å². The Labute approximate surface area is 160 Å². The molecule has 0 aliphatic heterocycles. The maximum Gasteiger partial charge on any atom is 0.338 e. The highest BCUT2D eigenvalue weighted by atomic mass is 19.1. The molecule has 2 amide bonds. The lowest BCUT2D eigenvalue weighted by atomic mass is 10.2. The number of rotatable bonds is 8. The summed E-state index contributed by atoms with van der Waals surface area (Å²) in [5.74, 6) is -3.30. The first kappa shape index (κ1) is 21.0. The third-order valence-corrected chi connectivity index (χ3v) is 3.66. The lowest BCUT2D eigenvalue weighted by molar-refractivity contribution is -0.116. The highest BCUT2D eigenvalue weighted by Crippen LogP contribution is 2.12. The van der Waals surface area contributed by atoms with Crippen LogP contribution in [-0.4, -0.2) is 30.9 Å². The fourth-order valence-electron chi connectivity index (χ4n) is 2.25. The van der Waals surface area contributed by atoms with Crippen LogP contribution in [0.3, 0.4) is 0 Å². The molecule has 0 aliphatic rings. The van der Waals surface area contributed by atoms with Gasteiger partial charge in [-0.1, -0.05) is 6.92 Å². The second kappa shape index (κ2) is 10.1. The van der Waals surface area contributed by atoms with E-state index in [1.807, 2.05) is 6.92 Å². The predicted octanol–water partition coefficient (Wildman–Crippen LogP) is 3.29. The molecule has 0 fully saturated rings. The third kappa shape index (κ3) is 6.15. The van der Waals surface area contributed by atoms with Crippen molar-refractivity contribution < 1.29 is 27.9 Å². The number of ether oxygens (including phenoxy) is 1. The van der Waals surface area contributed by atoms with E-state index < -0.39 is 23.5 Å². The van der Waals surface area contributed by atoms with Crippen molar-refractivity contribution in [2.45, 2.75) is 19.8 Å². The van der Waals surface area contributed by atoms with E-state index in [9.17, 15) is 23.2 Å². The number of hydrogen-bond donors (Lipinski definition) is 2. The molecule has 0 aliphatic carbocycles. The Kier molecular flexibility index (Phi) is 7.62. The van der Waals surface area contributed by atoms with Crippen LogP contribution in [0.15, 0.2) is 42.5 Å². The fourth-order valence-corrected chi connectivity index (χ4v) is 2.25. The van der Waals surface area contributed by atoms with Gasteiger partial charge in [0.05, 0.1) is 17.7 Å². The molecule has 0 unspecified atom stereocenters. The van der Waals surface area contributed by atoms with Gasteiger partial charge in [0.2, 0.25) is 5.91 Å². The fraction of sp³-hybridized carbons (Fsp3) is 0.250. The van der Waals surface area contributed by atoms with Gasteiger partial charge in [-0.2, -0.15) is 0 Å². The number of nitrogens with one attached hydrogen (secondary N) is 2. The van der Waals surface area contributed by atoms with E-state index in [0.29, 0.717) is 23.9 Å². The molecule has 0 radical (unpaired) electrons. The molecular formula is C20H20F2N2O4. The average molecular weight is 390 g/mol. The minimum Gasteiger partial charge on any atom is -0.462 e. The first-order valence-electron chi connectivity index (χ1n) is 8.71. The molecule has 28 heavy (non-hydrogen) atoms. The largest absolute Gasteiger partial charge is 0.462 e. The van der Waals surface area contributed by atoms with Crippen LogP contribution >= 0.6 is 0 Å². The van der Waals surface area contributed by atoms with Crippen molar-refractivity contribution in [2.24, 2.45) is 0 Å². The monoisotopic (exact) mass is 390 g/mol. The van der Waals surface area contributed by atoms with Gasteiger partial charge < -0.3 is 15.4 Å². The summed E-state index contributed by atoms with van der Waals surface area (Å²) < 4.78 is 31.4. The molecule has 0 aromatic heterocycles. The van der Waals surface area contributed by atoms with Crippen molar-refractivity contribution in [1.82, 2.24) is 5.32 Å². The lowest BCUT2D eigenvalue weighted by Gasteiger charge is -2.08. The first-order valence-corrected chi connectivity index (χ1v) is 8.71. The van der Waals surface area contributed by atoms with Crippen molar-refractivity contribution in [1.29, 1.82) is 0 Å². The molecular weight excluding hydrogens is 370 g/mol. The van der Waals surface area contributed by atoms with E-state index in [-0.39, 0.29) is 24.4 Å². The number of carbonyl (C=O) groups excluding carboxylic acids is 3.